The van der Waals surface area contributed by atoms with E-state index >= 15 is 0 Å². The summed E-state index contributed by atoms with van der Waals surface area (Å²) in [6.07, 6.45) is 3.60. The molecule has 0 atom stereocenters. The molecule has 1 aliphatic rings. The summed E-state index contributed by atoms with van der Waals surface area (Å²) in [6.45, 7) is 9.93. The number of nitrogens with zero attached hydrogens (tertiary/aromatic N) is 1. The van der Waals surface area contributed by atoms with Crippen molar-refractivity contribution in [2.24, 2.45) is 0 Å². The fraction of sp³-hybridized carbons (Fsp3) is 0.682. The second kappa shape index (κ2) is 11.0. The van der Waals surface area contributed by atoms with Crippen molar-refractivity contribution in [3.8, 4) is 0 Å². The lowest BCUT2D eigenvalue weighted by Crippen LogP contribution is -2.44. The Morgan fingerprint density at radius 1 is 1.11 bits per heavy atom. The van der Waals surface area contributed by atoms with Crippen LogP contribution in [0.15, 0.2) is 30.3 Å². The Morgan fingerprint density at radius 3 is 2.15 bits per heavy atom. The molecule has 0 amide bonds. The van der Waals surface area contributed by atoms with Gasteiger partial charge in [-0.1, -0.05) is 30.3 Å². The third-order valence-corrected chi connectivity index (χ3v) is 5.75. The van der Waals surface area contributed by atoms with E-state index in [-0.39, 0.29) is 24.5 Å². The van der Waals surface area contributed by atoms with E-state index in [1.54, 1.807) is 7.11 Å². The number of benzene rings is 1. The zero-order valence-corrected chi connectivity index (χ0v) is 18.3. The molecule has 5 heteroatoms. The van der Waals surface area contributed by atoms with Crippen molar-refractivity contribution in [2.75, 3.05) is 20.3 Å². The predicted octanol–water partition coefficient (Wildman–Crippen LogP) is 4.60. The molecule has 0 radical (unpaired) electrons. The average Bonchev–Trinajstić information content (AvgIpc) is 2.65. The smallest absolute Gasteiger partial charge is 0.316 e. The highest BCUT2D eigenvalue weighted by molar-refractivity contribution is 5.85. The molecule has 1 aromatic rings. The molecular weight excluding hydrogens is 362 g/mol. The van der Waals surface area contributed by atoms with Gasteiger partial charge in [0.2, 0.25) is 0 Å². The van der Waals surface area contributed by atoms with Gasteiger partial charge in [-0.25, -0.2) is 0 Å². The van der Waals surface area contributed by atoms with Crippen LogP contribution in [0.25, 0.3) is 0 Å². The lowest BCUT2D eigenvalue weighted by Gasteiger charge is -2.38. The third kappa shape index (κ3) is 5.94. The van der Waals surface area contributed by atoms with E-state index in [4.69, 9.17) is 9.47 Å². The van der Waals surface area contributed by atoms with Crippen LogP contribution in [-0.4, -0.2) is 49.3 Å². The predicted molar refractivity (Wildman–Crippen MR) is 113 cm³/mol. The Labute approximate surface area is 171 Å². The molecular formula is C22H36ClNO3. The van der Waals surface area contributed by atoms with Gasteiger partial charge in [0.05, 0.1) is 11.5 Å². The molecule has 0 heterocycles. The van der Waals surface area contributed by atoms with Crippen LogP contribution in [0.4, 0.5) is 0 Å². The first-order valence-corrected chi connectivity index (χ1v) is 9.92. The van der Waals surface area contributed by atoms with Crippen molar-refractivity contribution in [2.45, 2.75) is 77.0 Å². The van der Waals surface area contributed by atoms with Gasteiger partial charge in [-0.2, -0.15) is 0 Å². The maximum atomic E-state index is 13.2. The first-order valence-electron chi connectivity index (χ1n) is 9.92. The highest BCUT2D eigenvalue weighted by atomic mass is 35.5. The maximum Gasteiger partial charge on any atom is 0.316 e. The fourth-order valence-electron chi connectivity index (χ4n) is 4.18. The summed E-state index contributed by atoms with van der Waals surface area (Å²) in [5.74, 6) is -0.0780. The van der Waals surface area contributed by atoms with E-state index in [1.807, 2.05) is 18.2 Å². The lowest BCUT2D eigenvalue weighted by atomic mass is 9.68. The number of hydrogen-bond acceptors (Lipinski definition) is 4. The van der Waals surface area contributed by atoms with E-state index in [1.165, 1.54) is 0 Å². The van der Waals surface area contributed by atoms with Gasteiger partial charge >= 0.3 is 5.97 Å². The minimum absolute atomic E-state index is 0. The van der Waals surface area contributed by atoms with Gasteiger partial charge < -0.3 is 9.47 Å². The maximum absolute atomic E-state index is 13.2. The molecule has 1 aliphatic carbocycles. The van der Waals surface area contributed by atoms with Crippen molar-refractivity contribution < 1.29 is 14.3 Å². The Kier molecular flexibility index (Phi) is 9.78. The van der Waals surface area contributed by atoms with Crippen LogP contribution >= 0.6 is 12.4 Å². The summed E-state index contributed by atoms with van der Waals surface area (Å²) < 4.78 is 11.3. The number of hydrogen-bond donors (Lipinski definition) is 0. The molecule has 0 N–H and O–H groups in total. The first kappa shape index (κ1) is 23.9. The Morgan fingerprint density at radius 2 is 1.67 bits per heavy atom. The average molecular weight is 398 g/mol. The van der Waals surface area contributed by atoms with Gasteiger partial charge in [0.1, 0.15) is 6.61 Å². The molecule has 0 spiro atoms. The lowest BCUT2D eigenvalue weighted by molar-refractivity contribution is -0.154. The van der Waals surface area contributed by atoms with Crippen molar-refractivity contribution in [1.82, 2.24) is 4.90 Å². The minimum Gasteiger partial charge on any atom is -0.464 e. The van der Waals surface area contributed by atoms with Crippen LogP contribution in [-0.2, 0) is 19.7 Å². The molecule has 1 saturated carbocycles. The fourth-order valence-corrected chi connectivity index (χ4v) is 4.18. The highest BCUT2D eigenvalue weighted by Gasteiger charge is 2.44. The van der Waals surface area contributed by atoms with Gasteiger partial charge in [-0.15, -0.1) is 12.4 Å². The van der Waals surface area contributed by atoms with Gasteiger partial charge in [-0.3, -0.25) is 9.69 Å². The largest absolute Gasteiger partial charge is 0.464 e. The van der Waals surface area contributed by atoms with Crippen LogP contribution in [0, 0.1) is 0 Å². The Hall–Kier alpha value is -1.10. The van der Waals surface area contributed by atoms with Crippen molar-refractivity contribution in [1.29, 1.82) is 0 Å². The zero-order chi connectivity index (χ0) is 19.2. The Balaban J connectivity index is 0.00000364. The number of methoxy groups -OCH3 is 1. The molecule has 154 valence electrons. The number of halogens is 1. The van der Waals surface area contributed by atoms with Crippen LogP contribution in [0.5, 0.6) is 0 Å². The van der Waals surface area contributed by atoms with Crippen molar-refractivity contribution in [3.05, 3.63) is 35.9 Å². The topological polar surface area (TPSA) is 38.8 Å². The Bertz CT molecular complexity index is 546. The van der Waals surface area contributed by atoms with Gasteiger partial charge in [0.15, 0.2) is 0 Å². The summed E-state index contributed by atoms with van der Waals surface area (Å²) in [7, 11) is 1.75. The summed E-state index contributed by atoms with van der Waals surface area (Å²) in [6, 6.07) is 11.0. The van der Waals surface area contributed by atoms with Crippen LogP contribution < -0.4 is 0 Å². The molecule has 0 saturated heterocycles. The van der Waals surface area contributed by atoms with Gasteiger partial charge in [0.25, 0.3) is 0 Å². The third-order valence-electron chi connectivity index (χ3n) is 5.75. The van der Waals surface area contributed by atoms with Gasteiger partial charge in [0, 0.05) is 25.7 Å². The molecule has 27 heavy (non-hydrogen) atoms. The molecule has 0 unspecified atom stereocenters. The van der Waals surface area contributed by atoms with E-state index in [0.717, 1.165) is 37.8 Å². The minimum atomic E-state index is -0.531. The van der Waals surface area contributed by atoms with Crippen molar-refractivity contribution in [3.63, 3.8) is 0 Å². The summed E-state index contributed by atoms with van der Waals surface area (Å²) in [4.78, 5) is 15.5. The molecule has 2 rings (SSSR count). The normalized spacial score (nSPS) is 22.7. The number of esters is 1. The summed E-state index contributed by atoms with van der Waals surface area (Å²) in [5, 5.41) is 0. The number of ether oxygens (including phenoxy) is 2. The van der Waals surface area contributed by atoms with Gasteiger partial charge in [-0.05, 0) is 58.9 Å². The monoisotopic (exact) mass is 397 g/mol. The number of carbonyl (C=O) groups is 1. The quantitative estimate of drug-likeness (QED) is 0.601. The molecule has 0 bridgehead atoms. The molecule has 4 nitrogen and oxygen atoms in total. The first-order chi connectivity index (χ1) is 12.4. The summed E-state index contributed by atoms with van der Waals surface area (Å²) in [5.41, 5.74) is 0.542. The van der Waals surface area contributed by atoms with E-state index in [2.05, 4.69) is 44.7 Å². The molecule has 0 aliphatic heterocycles. The second-order valence-corrected chi connectivity index (χ2v) is 7.94. The van der Waals surface area contributed by atoms with E-state index in [0.29, 0.717) is 18.7 Å². The van der Waals surface area contributed by atoms with Crippen LogP contribution in [0.2, 0.25) is 0 Å². The molecule has 1 fully saturated rings. The zero-order valence-electron chi connectivity index (χ0n) is 17.4. The number of carbonyl (C=O) groups excluding carboxylic acids is 1. The number of rotatable bonds is 8. The highest BCUT2D eigenvalue weighted by Crippen LogP contribution is 2.41. The summed E-state index contributed by atoms with van der Waals surface area (Å²) >= 11 is 0. The van der Waals surface area contributed by atoms with Crippen LogP contribution in [0.1, 0.15) is 58.9 Å². The van der Waals surface area contributed by atoms with E-state index < -0.39 is 5.41 Å². The standard InChI is InChI=1S/C22H35NO3.ClH/c1-17(2)23(18(3)4)15-16-26-21(24)22(19-9-7-6-8-10-19)13-11-20(25-5)12-14-22;/h6-10,17-18,20H,11-16H2,1-5H3;1H. The molecule has 0 aromatic heterocycles. The second-order valence-electron chi connectivity index (χ2n) is 7.94. The van der Waals surface area contributed by atoms with E-state index in [9.17, 15) is 4.79 Å². The molecule has 1 aromatic carbocycles. The SMILES string of the molecule is COC1CCC(C(=O)OCCN(C(C)C)C(C)C)(c2ccccc2)CC1.Cl. The van der Waals surface area contributed by atoms with Crippen molar-refractivity contribution >= 4 is 18.4 Å². The van der Waals surface area contributed by atoms with Crippen LogP contribution in [0.3, 0.4) is 0 Å².